The lowest BCUT2D eigenvalue weighted by atomic mass is 10.2. The highest BCUT2D eigenvalue weighted by molar-refractivity contribution is 5.02. The average molecular weight is 241 g/mol. The van der Waals surface area contributed by atoms with Crippen molar-refractivity contribution in [3.05, 3.63) is 24.2 Å². The summed E-state index contributed by atoms with van der Waals surface area (Å²) >= 11 is 0. The van der Waals surface area contributed by atoms with E-state index in [1.54, 1.807) is 6.26 Å². The molecule has 17 heavy (non-hydrogen) atoms. The van der Waals surface area contributed by atoms with Crippen LogP contribution < -0.4 is 5.32 Å². The minimum absolute atomic E-state index is 0.0919. The predicted octanol–water partition coefficient (Wildman–Crippen LogP) is 2.11. The van der Waals surface area contributed by atoms with Crippen LogP contribution in [0.3, 0.4) is 0 Å². The van der Waals surface area contributed by atoms with Gasteiger partial charge in [-0.2, -0.15) is 0 Å². The number of hydrogen-bond donors (Lipinski definition) is 2. The van der Waals surface area contributed by atoms with Gasteiger partial charge in [0.05, 0.1) is 30.6 Å². The van der Waals surface area contributed by atoms with Crippen molar-refractivity contribution < 1.29 is 14.3 Å². The third-order valence-electron chi connectivity index (χ3n) is 2.34. The normalized spacial score (nSPS) is 15.8. The van der Waals surface area contributed by atoms with Crippen molar-refractivity contribution >= 4 is 0 Å². The van der Waals surface area contributed by atoms with Crippen molar-refractivity contribution in [3.63, 3.8) is 0 Å². The second kappa shape index (κ2) is 6.19. The molecule has 2 unspecified atom stereocenters. The lowest BCUT2D eigenvalue weighted by Crippen LogP contribution is -2.34. The first-order chi connectivity index (χ1) is 7.88. The van der Waals surface area contributed by atoms with Gasteiger partial charge in [-0.3, -0.25) is 0 Å². The van der Waals surface area contributed by atoms with Gasteiger partial charge in [0.2, 0.25) is 0 Å². The summed E-state index contributed by atoms with van der Waals surface area (Å²) in [5.41, 5.74) is -0.215. The van der Waals surface area contributed by atoms with Gasteiger partial charge in [-0.1, -0.05) is 0 Å². The minimum Gasteiger partial charge on any atom is -0.468 e. The quantitative estimate of drug-likeness (QED) is 0.801. The first kappa shape index (κ1) is 14.2. The van der Waals surface area contributed by atoms with Crippen molar-refractivity contribution in [2.45, 2.75) is 45.4 Å². The highest BCUT2D eigenvalue weighted by atomic mass is 16.5. The highest BCUT2D eigenvalue weighted by Crippen LogP contribution is 2.12. The SMILES string of the molecule is CC(NCC(O)COC(C)(C)C)c1ccco1. The van der Waals surface area contributed by atoms with Crippen LogP contribution in [0.25, 0.3) is 0 Å². The molecule has 4 nitrogen and oxygen atoms in total. The van der Waals surface area contributed by atoms with Crippen molar-refractivity contribution in [2.24, 2.45) is 0 Å². The van der Waals surface area contributed by atoms with E-state index in [4.69, 9.17) is 9.15 Å². The third kappa shape index (κ3) is 5.86. The van der Waals surface area contributed by atoms with E-state index in [2.05, 4.69) is 5.32 Å². The zero-order chi connectivity index (χ0) is 12.9. The molecule has 98 valence electrons. The smallest absolute Gasteiger partial charge is 0.120 e. The molecule has 0 saturated heterocycles. The molecule has 2 atom stereocenters. The Bertz CT molecular complexity index is 303. The number of ether oxygens (including phenoxy) is 1. The fourth-order valence-corrected chi connectivity index (χ4v) is 1.36. The van der Waals surface area contributed by atoms with Crippen LogP contribution >= 0.6 is 0 Å². The maximum Gasteiger partial charge on any atom is 0.120 e. The van der Waals surface area contributed by atoms with Crippen LogP contribution in [0.4, 0.5) is 0 Å². The molecule has 0 aliphatic rings. The number of aliphatic hydroxyl groups is 1. The summed E-state index contributed by atoms with van der Waals surface area (Å²) in [6.07, 6.45) is 1.14. The van der Waals surface area contributed by atoms with Crippen LogP contribution in [0.15, 0.2) is 22.8 Å². The van der Waals surface area contributed by atoms with Crippen LogP contribution in [0, 0.1) is 0 Å². The molecular formula is C13H23NO3. The molecule has 4 heteroatoms. The van der Waals surface area contributed by atoms with E-state index < -0.39 is 6.10 Å². The zero-order valence-corrected chi connectivity index (χ0v) is 11.1. The molecule has 2 N–H and O–H groups in total. The van der Waals surface area contributed by atoms with E-state index in [0.717, 1.165) is 5.76 Å². The van der Waals surface area contributed by atoms with Crippen molar-refractivity contribution in [1.29, 1.82) is 0 Å². The van der Waals surface area contributed by atoms with Gasteiger partial charge >= 0.3 is 0 Å². The second-order valence-corrected chi connectivity index (χ2v) is 5.22. The number of hydrogen-bond acceptors (Lipinski definition) is 4. The molecule has 0 aliphatic heterocycles. The molecule has 0 spiro atoms. The van der Waals surface area contributed by atoms with E-state index in [-0.39, 0.29) is 11.6 Å². The summed E-state index contributed by atoms with van der Waals surface area (Å²) in [7, 11) is 0. The predicted molar refractivity (Wildman–Crippen MR) is 66.8 cm³/mol. The van der Waals surface area contributed by atoms with Gasteiger partial charge in [0.15, 0.2) is 0 Å². The Morgan fingerprint density at radius 2 is 2.18 bits per heavy atom. The summed E-state index contributed by atoms with van der Waals surface area (Å²) in [5.74, 6) is 0.869. The number of rotatable bonds is 6. The summed E-state index contributed by atoms with van der Waals surface area (Å²) in [6.45, 7) is 8.73. The summed E-state index contributed by atoms with van der Waals surface area (Å²) < 4.78 is 10.8. The molecule has 0 radical (unpaired) electrons. The zero-order valence-electron chi connectivity index (χ0n) is 11.1. The van der Waals surface area contributed by atoms with Crippen LogP contribution in [0.5, 0.6) is 0 Å². The Labute approximate surface area is 103 Å². The summed E-state index contributed by atoms with van der Waals surface area (Å²) in [5, 5.41) is 12.9. The van der Waals surface area contributed by atoms with E-state index in [0.29, 0.717) is 13.2 Å². The standard InChI is InChI=1S/C13H23NO3/c1-10(12-6-5-7-16-12)14-8-11(15)9-17-13(2,3)4/h5-7,10-11,14-15H,8-9H2,1-4H3. The van der Waals surface area contributed by atoms with Crippen LogP contribution in [-0.2, 0) is 4.74 Å². The molecule has 1 aromatic heterocycles. The fourth-order valence-electron chi connectivity index (χ4n) is 1.36. The van der Waals surface area contributed by atoms with E-state index >= 15 is 0 Å². The molecule has 1 heterocycles. The van der Waals surface area contributed by atoms with Crippen LogP contribution in [0.2, 0.25) is 0 Å². The minimum atomic E-state index is -0.508. The highest BCUT2D eigenvalue weighted by Gasteiger charge is 2.15. The Hall–Kier alpha value is -0.840. The van der Waals surface area contributed by atoms with Crippen molar-refractivity contribution in [3.8, 4) is 0 Å². The second-order valence-electron chi connectivity index (χ2n) is 5.22. The fraction of sp³-hybridized carbons (Fsp3) is 0.692. The lowest BCUT2D eigenvalue weighted by molar-refractivity contribution is -0.0483. The first-order valence-electron chi connectivity index (χ1n) is 5.97. The van der Waals surface area contributed by atoms with Crippen molar-refractivity contribution in [2.75, 3.05) is 13.2 Å². The number of aliphatic hydroxyl groups excluding tert-OH is 1. The maximum absolute atomic E-state index is 9.74. The molecule has 0 aromatic carbocycles. The van der Waals surface area contributed by atoms with Crippen molar-refractivity contribution in [1.82, 2.24) is 5.32 Å². The van der Waals surface area contributed by atoms with E-state index in [1.807, 2.05) is 39.8 Å². The maximum atomic E-state index is 9.74. The van der Waals surface area contributed by atoms with Crippen LogP contribution in [-0.4, -0.2) is 30.0 Å². The molecule has 0 bridgehead atoms. The molecule has 1 aromatic rings. The summed E-state index contributed by atoms with van der Waals surface area (Å²) in [4.78, 5) is 0. The third-order valence-corrected chi connectivity index (χ3v) is 2.34. The van der Waals surface area contributed by atoms with Gasteiger partial charge in [0.1, 0.15) is 5.76 Å². The molecule has 0 fully saturated rings. The van der Waals surface area contributed by atoms with Gasteiger partial charge in [-0.15, -0.1) is 0 Å². The average Bonchev–Trinajstić information content (AvgIpc) is 2.75. The first-order valence-corrected chi connectivity index (χ1v) is 5.97. The molecule has 0 aliphatic carbocycles. The Kier molecular flexibility index (Phi) is 5.18. The van der Waals surface area contributed by atoms with Crippen LogP contribution in [0.1, 0.15) is 39.5 Å². The Balaban J connectivity index is 2.22. The molecule has 1 rings (SSSR count). The van der Waals surface area contributed by atoms with E-state index in [1.165, 1.54) is 0 Å². The van der Waals surface area contributed by atoms with Gasteiger partial charge in [0.25, 0.3) is 0 Å². The Morgan fingerprint density at radius 1 is 1.47 bits per heavy atom. The van der Waals surface area contributed by atoms with Gasteiger partial charge in [0, 0.05) is 6.54 Å². The monoisotopic (exact) mass is 241 g/mol. The lowest BCUT2D eigenvalue weighted by Gasteiger charge is -2.22. The van der Waals surface area contributed by atoms with Gasteiger partial charge < -0.3 is 19.6 Å². The molecule has 0 amide bonds. The van der Waals surface area contributed by atoms with Gasteiger partial charge in [-0.25, -0.2) is 0 Å². The van der Waals surface area contributed by atoms with Gasteiger partial charge in [-0.05, 0) is 39.8 Å². The number of furan rings is 1. The molecular weight excluding hydrogens is 218 g/mol. The van der Waals surface area contributed by atoms with E-state index in [9.17, 15) is 5.11 Å². The summed E-state index contributed by atoms with van der Waals surface area (Å²) in [6, 6.07) is 3.86. The topological polar surface area (TPSA) is 54.6 Å². The Morgan fingerprint density at radius 3 is 2.71 bits per heavy atom. The molecule has 0 saturated carbocycles. The number of nitrogens with one attached hydrogen (secondary N) is 1. The largest absolute Gasteiger partial charge is 0.468 e.